The lowest BCUT2D eigenvalue weighted by atomic mass is 10.2. The lowest BCUT2D eigenvalue weighted by molar-refractivity contribution is 0.0696. The molecule has 0 unspecified atom stereocenters. The molecular weight excluding hydrogens is 330 g/mol. The Balaban J connectivity index is 2.20. The number of aromatic carboxylic acids is 1. The summed E-state index contributed by atoms with van der Waals surface area (Å²) in [4.78, 5) is 10.7. The Kier molecular flexibility index (Phi) is 4.84. The van der Waals surface area contributed by atoms with Gasteiger partial charge >= 0.3 is 5.97 Å². The molecule has 0 fully saturated rings. The molecule has 0 aliphatic heterocycles. The first-order valence-corrected chi connectivity index (χ1v) is 8.11. The van der Waals surface area contributed by atoms with Crippen LogP contribution in [-0.4, -0.2) is 47.2 Å². The molecular formula is C13H14ClN3O4S. The van der Waals surface area contributed by atoms with Crippen molar-refractivity contribution in [1.82, 2.24) is 14.1 Å². The van der Waals surface area contributed by atoms with E-state index in [2.05, 4.69) is 5.10 Å². The van der Waals surface area contributed by atoms with Gasteiger partial charge in [0.1, 0.15) is 4.90 Å². The van der Waals surface area contributed by atoms with Crippen molar-refractivity contribution in [2.75, 3.05) is 13.6 Å². The third-order valence-electron chi connectivity index (χ3n) is 3.07. The summed E-state index contributed by atoms with van der Waals surface area (Å²) in [6, 6.07) is 5.28. The topological polar surface area (TPSA) is 92.5 Å². The second-order valence-electron chi connectivity index (χ2n) is 4.55. The molecule has 0 aliphatic rings. The number of nitrogens with zero attached hydrogens (tertiary/aromatic N) is 3. The maximum Gasteiger partial charge on any atom is 0.335 e. The van der Waals surface area contributed by atoms with Crippen LogP contribution in [0.5, 0.6) is 0 Å². The number of hydrogen-bond acceptors (Lipinski definition) is 4. The van der Waals surface area contributed by atoms with Crippen molar-refractivity contribution in [1.29, 1.82) is 0 Å². The van der Waals surface area contributed by atoms with Gasteiger partial charge in [-0.3, -0.25) is 4.68 Å². The van der Waals surface area contributed by atoms with Crippen molar-refractivity contribution < 1.29 is 18.3 Å². The van der Waals surface area contributed by atoms with Gasteiger partial charge in [-0.1, -0.05) is 11.6 Å². The number of sulfonamides is 1. The summed E-state index contributed by atoms with van der Waals surface area (Å²) < 4.78 is 27.7. The largest absolute Gasteiger partial charge is 0.478 e. The molecule has 0 radical (unpaired) electrons. The number of benzene rings is 1. The van der Waals surface area contributed by atoms with Crippen LogP contribution in [0.1, 0.15) is 10.4 Å². The van der Waals surface area contributed by atoms with E-state index in [1.54, 1.807) is 23.1 Å². The Bertz CT molecular complexity index is 775. The average Bonchev–Trinajstić information content (AvgIpc) is 2.97. The number of aromatic nitrogens is 2. The van der Waals surface area contributed by atoms with Crippen LogP contribution in [0.15, 0.2) is 41.6 Å². The number of halogens is 1. The zero-order chi connectivity index (χ0) is 16.3. The smallest absolute Gasteiger partial charge is 0.335 e. The normalized spacial score (nSPS) is 11.8. The van der Waals surface area contributed by atoms with Gasteiger partial charge in [-0.2, -0.15) is 9.40 Å². The highest BCUT2D eigenvalue weighted by Crippen LogP contribution is 2.25. The fourth-order valence-corrected chi connectivity index (χ4v) is 3.48. The van der Waals surface area contributed by atoms with Crippen molar-refractivity contribution in [2.24, 2.45) is 0 Å². The molecule has 1 N–H and O–H groups in total. The number of carboxylic acids is 1. The Labute approximate surface area is 132 Å². The van der Waals surface area contributed by atoms with Gasteiger partial charge in [-0.25, -0.2) is 13.2 Å². The number of hydrogen-bond donors (Lipinski definition) is 1. The van der Waals surface area contributed by atoms with Gasteiger partial charge in [0.25, 0.3) is 0 Å². The maximum atomic E-state index is 12.5. The zero-order valence-electron chi connectivity index (χ0n) is 11.7. The van der Waals surface area contributed by atoms with Gasteiger partial charge in [0, 0.05) is 26.0 Å². The number of likely N-dealkylation sites (N-methyl/N-ethyl adjacent to an activating group) is 1. The minimum Gasteiger partial charge on any atom is -0.478 e. The molecule has 0 aliphatic carbocycles. The summed E-state index contributed by atoms with van der Waals surface area (Å²) in [7, 11) is -2.37. The van der Waals surface area contributed by atoms with Gasteiger partial charge in [-0.05, 0) is 24.3 Å². The van der Waals surface area contributed by atoms with E-state index >= 15 is 0 Å². The van der Waals surface area contributed by atoms with Crippen LogP contribution in [0.2, 0.25) is 5.02 Å². The maximum absolute atomic E-state index is 12.5. The van der Waals surface area contributed by atoms with Crippen LogP contribution in [0.4, 0.5) is 0 Å². The predicted octanol–water partition coefficient (Wildman–Crippen LogP) is 1.56. The molecule has 0 spiro atoms. The van der Waals surface area contributed by atoms with Gasteiger partial charge in [0.15, 0.2) is 0 Å². The molecule has 22 heavy (non-hydrogen) atoms. The molecule has 0 saturated heterocycles. The second kappa shape index (κ2) is 6.47. The SMILES string of the molecule is CN(CCn1cccn1)S(=O)(=O)c1ccc(C(=O)O)cc1Cl. The first-order chi connectivity index (χ1) is 10.3. The summed E-state index contributed by atoms with van der Waals surface area (Å²) in [5.74, 6) is -1.17. The van der Waals surface area contributed by atoms with Crippen LogP contribution in [0.3, 0.4) is 0 Å². The van der Waals surface area contributed by atoms with Crippen molar-refractivity contribution in [3.8, 4) is 0 Å². The number of rotatable bonds is 6. The monoisotopic (exact) mass is 343 g/mol. The molecule has 0 amide bonds. The summed E-state index contributed by atoms with van der Waals surface area (Å²) in [6.07, 6.45) is 3.34. The number of carbonyl (C=O) groups is 1. The highest BCUT2D eigenvalue weighted by Gasteiger charge is 2.24. The van der Waals surface area contributed by atoms with Crippen molar-refractivity contribution in [3.05, 3.63) is 47.2 Å². The van der Waals surface area contributed by atoms with Crippen LogP contribution in [0.25, 0.3) is 0 Å². The Morgan fingerprint density at radius 3 is 2.73 bits per heavy atom. The summed E-state index contributed by atoms with van der Waals surface area (Å²) >= 11 is 5.92. The Hall–Kier alpha value is -1.90. The van der Waals surface area contributed by atoms with E-state index in [0.29, 0.717) is 6.54 Å². The van der Waals surface area contributed by atoms with E-state index in [1.807, 2.05) is 0 Å². The van der Waals surface area contributed by atoms with E-state index in [4.69, 9.17) is 16.7 Å². The zero-order valence-corrected chi connectivity index (χ0v) is 13.3. The fourth-order valence-electron chi connectivity index (χ4n) is 1.81. The molecule has 9 heteroatoms. The second-order valence-corrected chi connectivity index (χ2v) is 6.97. The van der Waals surface area contributed by atoms with Gasteiger partial charge < -0.3 is 5.11 Å². The van der Waals surface area contributed by atoms with E-state index in [1.165, 1.54) is 19.2 Å². The molecule has 7 nitrogen and oxygen atoms in total. The summed E-state index contributed by atoms with van der Waals surface area (Å²) in [5, 5.41) is 12.7. The first kappa shape index (κ1) is 16.5. The van der Waals surface area contributed by atoms with Crippen LogP contribution >= 0.6 is 11.6 Å². The third kappa shape index (κ3) is 3.46. The highest BCUT2D eigenvalue weighted by molar-refractivity contribution is 7.89. The minimum atomic E-state index is -3.80. The minimum absolute atomic E-state index is 0.0665. The average molecular weight is 344 g/mol. The quantitative estimate of drug-likeness (QED) is 0.859. The first-order valence-electron chi connectivity index (χ1n) is 6.29. The molecule has 0 atom stereocenters. The summed E-state index contributed by atoms with van der Waals surface area (Å²) in [5.41, 5.74) is -0.0665. The molecule has 1 heterocycles. The Morgan fingerprint density at radius 1 is 1.45 bits per heavy atom. The van der Waals surface area contributed by atoms with Gasteiger partial charge in [0.2, 0.25) is 10.0 Å². The number of carboxylic acid groups (broad SMARTS) is 1. The lowest BCUT2D eigenvalue weighted by Crippen LogP contribution is -2.30. The lowest BCUT2D eigenvalue weighted by Gasteiger charge is -2.18. The van der Waals surface area contributed by atoms with E-state index < -0.39 is 16.0 Å². The van der Waals surface area contributed by atoms with E-state index in [0.717, 1.165) is 10.4 Å². The van der Waals surface area contributed by atoms with Crippen LogP contribution in [-0.2, 0) is 16.6 Å². The van der Waals surface area contributed by atoms with Crippen molar-refractivity contribution in [2.45, 2.75) is 11.4 Å². The van der Waals surface area contributed by atoms with Gasteiger partial charge in [0.05, 0.1) is 17.1 Å². The highest BCUT2D eigenvalue weighted by atomic mass is 35.5. The third-order valence-corrected chi connectivity index (χ3v) is 5.41. The summed E-state index contributed by atoms with van der Waals surface area (Å²) in [6.45, 7) is 0.606. The van der Waals surface area contributed by atoms with Gasteiger partial charge in [-0.15, -0.1) is 0 Å². The van der Waals surface area contributed by atoms with Crippen molar-refractivity contribution >= 4 is 27.6 Å². The molecule has 1 aromatic carbocycles. The predicted molar refractivity (Wildman–Crippen MR) is 80.5 cm³/mol. The van der Waals surface area contributed by atoms with E-state index in [-0.39, 0.29) is 22.0 Å². The molecule has 0 bridgehead atoms. The van der Waals surface area contributed by atoms with Crippen molar-refractivity contribution in [3.63, 3.8) is 0 Å². The molecule has 2 rings (SSSR count). The molecule has 118 valence electrons. The van der Waals surface area contributed by atoms with Crippen LogP contribution in [0, 0.1) is 0 Å². The molecule has 2 aromatic rings. The van der Waals surface area contributed by atoms with Crippen LogP contribution < -0.4 is 0 Å². The standard InChI is InChI=1S/C13H14ClN3O4S/c1-16(7-8-17-6-2-5-15-17)22(20,21)12-4-3-10(13(18)19)9-11(12)14/h2-6,9H,7-8H2,1H3,(H,18,19). The fraction of sp³-hybridized carbons (Fsp3) is 0.231. The molecule has 1 aromatic heterocycles. The van der Waals surface area contributed by atoms with E-state index in [9.17, 15) is 13.2 Å². The Morgan fingerprint density at radius 2 is 2.18 bits per heavy atom. The molecule has 0 saturated carbocycles.